The van der Waals surface area contributed by atoms with Gasteiger partial charge in [0.2, 0.25) is 5.91 Å². The van der Waals surface area contributed by atoms with Crippen LogP contribution in [0.15, 0.2) is 18.2 Å². The summed E-state index contributed by atoms with van der Waals surface area (Å²) in [6.45, 7) is 3.31. The van der Waals surface area contributed by atoms with Crippen LogP contribution in [0.4, 0.5) is 11.4 Å². The molecule has 1 aromatic rings. The van der Waals surface area contributed by atoms with Gasteiger partial charge in [0.15, 0.2) is 0 Å². The lowest BCUT2D eigenvalue weighted by Crippen LogP contribution is -2.34. The van der Waals surface area contributed by atoms with Gasteiger partial charge in [-0.25, -0.2) is 0 Å². The zero-order valence-electron chi connectivity index (χ0n) is 11.2. The normalized spacial score (nSPS) is 18.2. The SMILES string of the molecule is O=C1CCN(C(=O)c2ccc3c(c2)NCCN3)CCN1. The van der Waals surface area contributed by atoms with Gasteiger partial charge in [-0.15, -0.1) is 0 Å². The Morgan fingerprint density at radius 2 is 1.80 bits per heavy atom. The number of carbonyl (C=O) groups excluding carboxylic acids is 2. The van der Waals surface area contributed by atoms with Gasteiger partial charge < -0.3 is 20.9 Å². The molecule has 0 atom stereocenters. The fourth-order valence-electron chi connectivity index (χ4n) is 2.52. The van der Waals surface area contributed by atoms with Crippen molar-refractivity contribution in [3.05, 3.63) is 23.8 Å². The van der Waals surface area contributed by atoms with Crippen LogP contribution in [0.2, 0.25) is 0 Å². The van der Waals surface area contributed by atoms with Gasteiger partial charge in [0.05, 0.1) is 11.4 Å². The van der Waals surface area contributed by atoms with Gasteiger partial charge >= 0.3 is 0 Å². The standard InChI is InChI=1S/C14H18N4O2/c19-13-3-7-18(8-6-17-13)14(20)10-1-2-11-12(9-10)16-5-4-15-11/h1-2,9,15-16H,3-8H2,(H,17,19). The summed E-state index contributed by atoms with van der Waals surface area (Å²) in [5.41, 5.74) is 2.65. The fourth-order valence-corrected chi connectivity index (χ4v) is 2.52. The third kappa shape index (κ3) is 2.54. The molecule has 6 nitrogen and oxygen atoms in total. The minimum atomic E-state index is -0.0170. The summed E-state index contributed by atoms with van der Waals surface area (Å²) in [7, 11) is 0. The highest BCUT2D eigenvalue weighted by Crippen LogP contribution is 2.26. The van der Waals surface area contributed by atoms with Crippen molar-refractivity contribution < 1.29 is 9.59 Å². The van der Waals surface area contributed by atoms with Crippen LogP contribution in [0, 0.1) is 0 Å². The van der Waals surface area contributed by atoms with E-state index in [-0.39, 0.29) is 11.8 Å². The lowest BCUT2D eigenvalue weighted by Gasteiger charge is -2.23. The minimum absolute atomic E-state index is 0.0107. The molecule has 20 heavy (non-hydrogen) atoms. The quantitative estimate of drug-likeness (QED) is 0.696. The molecule has 0 radical (unpaired) electrons. The molecule has 2 aliphatic heterocycles. The molecule has 3 N–H and O–H groups in total. The number of amides is 2. The molecule has 6 heteroatoms. The second-order valence-electron chi connectivity index (χ2n) is 5.01. The van der Waals surface area contributed by atoms with Crippen molar-refractivity contribution in [2.45, 2.75) is 6.42 Å². The first-order valence-electron chi connectivity index (χ1n) is 6.92. The van der Waals surface area contributed by atoms with Crippen molar-refractivity contribution in [3.63, 3.8) is 0 Å². The van der Waals surface area contributed by atoms with Crippen molar-refractivity contribution in [2.75, 3.05) is 43.4 Å². The number of benzene rings is 1. The van der Waals surface area contributed by atoms with Gasteiger partial charge in [-0.3, -0.25) is 9.59 Å². The lowest BCUT2D eigenvalue weighted by molar-refractivity contribution is -0.120. The van der Waals surface area contributed by atoms with Crippen molar-refractivity contribution in [1.82, 2.24) is 10.2 Å². The summed E-state index contributed by atoms with van der Waals surface area (Å²) in [4.78, 5) is 25.5. The van der Waals surface area contributed by atoms with Crippen LogP contribution in [-0.2, 0) is 4.79 Å². The third-order valence-electron chi connectivity index (χ3n) is 3.62. The average Bonchev–Trinajstić information content (AvgIpc) is 2.71. The topological polar surface area (TPSA) is 73.5 Å². The first kappa shape index (κ1) is 12.8. The maximum atomic E-state index is 12.5. The predicted molar refractivity (Wildman–Crippen MR) is 77.0 cm³/mol. The second kappa shape index (κ2) is 5.40. The Kier molecular flexibility index (Phi) is 3.45. The van der Waals surface area contributed by atoms with Crippen LogP contribution >= 0.6 is 0 Å². The number of anilines is 2. The van der Waals surface area contributed by atoms with E-state index in [2.05, 4.69) is 16.0 Å². The molecule has 2 heterocycles. The zero-order valence-corrected chi connectivity index (χ0v) is 11.2. The average molecular weight is 274 g/mol. The summed E-state index contributed by atoms with van der Waals surface area (Å²) in [6, 6.07) is 5.64. The van der Waals surface area contributed by atoms with E-state index in [9.17, 15) is 9.59 Å². The monoisotopic (exact) mass is 274 g/mol. The summed E-state index contributed by atoms with van der Waals surface area (Å²) >= 11 is 0. The van der Waals surface area contributed by atoms with Gasteiger partial charge in [-0.2, -0.15) is 0 Å². The van der Waals surface area contributed by atoms with Crippen LogP contribution in [0.1, 0.15) is 16.8 Å². The number of rotatable bonds is 1. The summed E-state index contributed by atoms with van der Waals surface area (Å²) < 4.78 is 0. The number of fused-ring (bicyclic) bond motifs is 1. The first-order valence-corrected chi connectivity index (χ1v) is 6.92. The molecule has 0 bridgehead atoms. The van der Waals surface area contributed by atoms with E-state index in [1.54, 1.807) is 4.90 Å². The van der Waals surface area contributed by atoms with Crippen LogP contribution < -0.4 is 16.0 Å². The minimum Gasteiger partial charge on any atom is -0.382 e. The molecular formula is C14H18N4O2. The Morgan fingerprint density at radius 1 is 1.00 bits per heavy atom. The molecule has 1 saturated heterocycles. The number of carbonyl (C=O) groups is 2. The highest BCUT2D eigenvalue weighted by molar-refractivity contribution is 5.97. The van der Waals surface area contributed by atoms with Crippen molar-refractivity contribution in [1.29, 1.82) is 0 Å². The number of hydrogen-bond donors (Lipinski definition) is 3. The predicted octanol–water partition coefficient (Wildman–Crippen LogP) is 0.486. The molecule has 0 spiro atoms. The highest BCUT2D eigenvalue weighted by Gasteiger charge is 2.20. The van der Waals surface area contributed by atoms with E-state index in [0.717, 1.165) is 24.5 Å². The Labute approximate surface area is 117 Å². The maximum absolute atomic E-state index is 12.5. The van der Waals surface area contributed by atoms with Gasteiger partial charge in [-0.05, 0) is 18.2 Å². The van der Waals surface area contributed by atoms with E-state index in [1.807, 2.05) is 18.2 Å². The summed E-state index contributed by atoms with van der Waals surface area (Å²) in [5, 5.41) is 9.34. The van der Waals surface area contributed by atoms with Gasteiger partial charge in [0.25, 0.3) is 5.91 Å². The third-order valence-corrected chi connectivity index (χ3v) is 3.62. The zero-order chi connectivity index (χ0) is 13.9. The van der Waals surface area contributed by atoms with Gasteiger partial charge in [0.1, 0.15) is 0 Å². The molecule has 0 saturated carbocycles. The molecule has 106 valence electrons. The molecule has 1 aromatic carbocycles. The summed E-state index contributed by atoms with van der Waals surface area (Å²) in [6.07, 6.45) is 0.372. The molecule has 0 aliphatic carbocycles. The molecular weight excluding hydrogens is 256 g/mol. The molecule has 2 aliphatic rings. The van der Waals surface area contributed by atoms with Crippen LogP contribution in [0.25, 0.3) is 0 Å². The van der Waals surface area contributed by atoms with E-state index < -0.39 is 0 Å². The second-order valence-corrected chi connectivity index (χ2v) is 5.01. The van der Waals surface area contributed by atoms with E-state index in [1.165, 1.54) is 0 Å². The number of nitrogens with one attached hydrogen (secondary N) is 3. The van der Waals surface area contributed by atoms with E-state index in [0.29, 0.717) is 31.6 Å². The lowest BCUT2D eigenvalue weighted by atomic mass is 10.1. The fraction of sp³-hybridized carbons (Fsp3) is 0.429. The number of hydrogen-bond acceptors (Lipinski definition) is 4. The largest absolute Gasteiger partial charge is 0.382 e. The Balaban J connectivity index is 1.78. The summed E-state index contributed by atoms with van der Waals surface area (Å²) in [5.74, 6) is -0.00622. The molecule has 1 fully saturated rings. The maximum Gasteiger partial charge on any atom is 0.254 e. The molecule has 2 amide bonds. The van der Waals surface area contributed by atoms with E-state index >= 15 is 0 Å². The molecule has 3 rings (SSSR count). The van der Waals surface area contributed by atoms with Crippen molar-refractivity contribution >= 4 is 23.2 Å². The van der Waals surface area contributed by atoms with Crippen molar-refractivity contribution in [3.8, 4) is 0 Å². The van der Waals surface area contributed by atoms with Gasteiger partial charge in [-0.1, -0.05) is 0 Å². The van der Waals surface area contributed by atoms with Crippen LogP contribution in [0.3, 0.4) is 0 Å². The Bertz CT molecular complexity index is 544. The van der Waals surface area contributed by atoms with Gasteiger partial charge in [0, 0.05) is 44.7 Å². The first-order chi connectivity index (χ1) is 9.74. The Morgan fingerprint density at radius 3 is 2.65 bits per heavy atom. The van der Waals surface area contributed by atoms with Crippen molar-refractivity contribution in [2.24, 2.45) is 0 Å². The number of nitrogens with zero attached hydrogens (tertiary/aromatic N) is 1. The van der Waals surface area contributed by atoms with Crippen LogP contribution in [-0.4, -0.2) is 49.4 Å². The van der Waals surface area contributed by atoms with Crippen LogP contribution in [0.5, 0.6) is 0 Å². The molecule has 0 aromatic heterocycles. The highest BCUT2D eigenvalue weighted by atomic mass is 16.2. The smallest absolute Gasteiger partial charge is 0.254 e. The Hall–Kier alpha value is -2.24. The molecule has 0 unspecified atom stereocenters. The van der Waals surface area contributed by atoms with E-state index in [4.69, 9.17) is 0 Å².